The maximum Gasteiger partial charge on any atom is 0.277 e. The van der Waals surface area contributed by atoms with E-state index in [9.17, 15) is 9.32 Å². The van der Waals surface area contributed by atoms with Crippen LogP contribution in [0.5, 0.6) is 0 Å². The van der Waals surface area contributed by atoms with Crippen LogP contribution in [0.25, 0.3) is 0 Å². The van der Waals surface area contributed by atoms with E-state index in [4.69, 9.17) is 0 Å². The Balaban J connectivity index is 2.01. The van der Waals surface area contributed by atoms with Crippen LogP contribution >= 0.6 is 0 Å². The molecular formula is C15H22FN3O2. The van der Waals surface area contributed by atoms with Crippen LogP contribution in [-0.2, 0) is 11.6 Å². The minimum atomic E-state index is -0.592. The molecule has 2 rings (SSSR count). The van der Waals surface area contributed by atoms with E-state index in [-0.39, 0.29) is 0 Å². The molecule has 2 unspecified atom stereocenters. The summed E-state index contributed by atoms with van der Waals surface area (Å²) < 4.78 is 11.6. The van der Waals surface area contributed by atoms with Gasteiger partial charge in [-0.2, -0.15) is 5.48 Å². The summed E-state index contributed by atoms with van der Waals surface area (Å²) in [6.45, 7) is 7.41. The van der Waals surface area contributed by atoms with Crippen molar-refractivity contribution in [1.82, 2.24) is 15.3 Å². The Morgan fingerprint density at radius 3 is 2.38 bits per heavy atom. The number of nitrogens with zero attached hydrogens (tertiary/aromatic N) is 2. The van der Waals surface area contributed by atoms with Crippen molar-refractivity contribution < 1.29 is 14.4 Å². The molecule has 1 fully saturated rings. The van der Waals surface area contributed by atoms with Gasteiger partial charge < -0.3 is 4.90 Å². The van der Waals surface area contributed by atoms with E-state index in [1.54, 1.807) is 17.6 Å². The number of hydrogen-bond acceptors (Lipinski definition) is 4. The number of rotatable bonds is 4. The van der Waals surface area contributed by atoms with Crippen LogP contribution in [0.3, 0.4) is 0 Å². The quantitative estimate of drug-likeness (QED) is 0.860. The van der Waals surface area contributed by atoms with Gasteiger partial charge in [0, 0.05) is 37.3 Å². The summed E-state index contributed by atoms with van der Waals surface area (Å²) in [5.41, 5.74) is 3.17. The first kappa shape index (κ1) is 15.9. The van der Waals surface area contributed by atoms with Crippen LogP contribution in [0, 0.1) is 0 Å². The maximum absolute atomic E-state index is 11.6. The number of likely N-dealkylation sites (N-methyl/N-ethyl adjacent to an activating group) is 1. The lowest BCUT2D eigenvalue weighted by Crippen LogP contribution is -2.54. The molecule has 0 radical (unpaired) electrons. The van der Waals surface area contributed by atoms with Crippen LogP contribution in [0.15, 0.2) is 24.3 Å². The Hall–Kier alpha value is -1.50. The van der Waals surface area contributed by atoms with Crippen LogP contribution < -0.4 is 5.48 Å². The summed E-state index contributed by atoms with van der Waals surface area (Å²) >= 11 is 0. The second-order valence-corrected chi connectivity index (χ2v) is 5.80. The molecule has 116 valence electrons. The minimum Gasteiger partial charge on any atom is -0.303 e. The summed E-state index contributed by atoms with van der Waals surface area (Å²) in [7, 11) is 2.14. The summed E-state index contributed by atoms with van der Waals surface area (Å²) in [4.78, 5) is 16.2. The highest BCUT2D eigenvalue weighted by Gasteiger charge is 2.27. The fraction of sp³-hybridized carbons (Fsp3) is 0.533. The minimum absolute atomic E-state index is 0.371. The number of carbonyl (C=O) groups is 1. The Kier molecular flexibility index (Phi) is 5.27. The van der Waals surface area contributed by atoms with Gasteiger partial charge in [0.1, 0.15) is 0 Å². The first-order valence-electron chi connectivity index (χ1n) is 7.12. The molecule has 1 N–H and O–H groups in total. The van der Waals surface area contributed by atoms with Gasteiger partial charge in [-0.25, -0.2) is 0 Å². The molecule has 1 heterocycles. The normalized spacial score (nSPS) is 24.0. The SMILES string of the molecule is CC1CN(C)CC(C)N1Cc1ccc(C(=O)NOF)cc1. The van der Waals surface area contributed by atoms with Crippen LogP contribution in [0.1, 0.15) is 29.8 Å². The lowest BCUT2D eigenvalue weighted by molar-refractivity contribution is -0.176. The first-order chi connectivity index (χ1) is 10.0. The first-order valence-corrected chi connectivity index (χ1v) is 7.12. The largest absolute Gasteiger partial charge is 0.303 e. The highest BCUT2D eigenvalue weighted by molar-refractivity contribution is 5.93. The molecule has 1 aromatic rings. The lowest BCUT2D eigenvalue weighted by atomic mass is 10.1. The van der Waals surface area contributed by atoms with E-state index in [0.717, 1.165) is 25.2 Å². The van der Waals surface area contributed by atoms with Crippen molar-refractivity contribution in [3.63, 3.8) is 0 Å². The average molecular weight is 295 g/mol. The summed E-state index contributed by atoms with van der Waals surface area (Å²) in [5.74, 6) is -0.592. The Labute approximate surface area is 124 Å². The van der Waals surface area contributed by atoms with E-state index in [1.165, 1.54) is 0 Å². The molecule has 0 spiro atoms. The van der Waals surface area contributed by atoms with E-state index < -0.39 is 5.91 Å². The van der Waals surface area contributed by atoms with E-state index in [0.29, 0.717) is 17.6 Å². The van der Waals surface area contributed by atoms with Crippen LogP contribution in [0.2, 0.25) is 0 Å². The third kappa shape index (κ3) is 4.00. The fourth-order valence-corrected chi connectivity index (χ4v) is 3.00. The molecule has 1 aliphatic rings. The van der Waals surface area contributed by atoms with Gasteiger partial charge in [0.2, 0.25) is 0 Å². The predicted octanol–water partition coefficient (Wildman–Crippen LogP) is 1.76. The lowest BCUT2D eigenvalue weighted by Gasteiger charge is -2.43. The average Bonchev–Trinajstić information content (AvgIpc) is 2.43. The molecule has 1 aromatic carbocycles. The molecule has 1 amide bonds. The Morgan fingerprint density at radius 1 is 1.29 bits per heavy atom. The van der Waals surface area contributed by atoms with Gasteiger partial charge in [-0.05, 0) is 43.1 Å². The van der Waals surface area contributed by atoms with Crippen molar-refractivity contribution in [1.29, 1.82) is 0 Å². The molecule has 6 heteroatoms. The van der Waals surface area contributed by atoms with Crippen molar-refractivity contribution in [3.8, 4) is 0 Å². The molecule has 5 nitrogen and oxygen atoms in total. The standard InChI is InChI=1S/C15H22FN3O2/c1-11-8-18(3)9-12(2)19(11)10-13-4-6-14(7-5-13)15(20)17-21-16/h4-7,11-12H,8-10H2,1-3H3,(H,17,20). The zero-order valence-corrected chi connectivity index (χ0v) is 12.7. The molecule has 21 heavy (non-hydrogen) atoms. The molecule has 2 atom stereocenters. The summed E-state index contributed by atoms with van der Waals surface area (Å²) in [5, 5.41) is 3.14. The Morgan fingerprint density at radius 2 is 1.86 bits per heavy atom. The Bertz CT molecular complexity index is 468. The highest BCUT2D eigenvalue weighted by Crippen LogP contribution is 2.18. The number of hydroxylamine groups is 1. The van der Waals surface area contributed by atoms with Gasteiger partial charge in [-0.15, -0.1) is 0 Å². The number of halogens is 1. The molecule has 1 saturated heterocycles. The third-order valence-electron chi connectivity index (χ3n) is 4.00. The number of nitrogens with one attached hydrogen (secondary N) is 1. The van der Waals surface area contributed by atoms with Gasteiger partial charge in [-0.1, -0.05) is 17.2 Å². The number of hydrogen-bond donors (Lipinski definition) is 1. The summed E-state index contributed by atoms with van der Waals surface area (Å²) in [6, 6.07) is 8.11. The van der Waals surface area contributed by atoms with E-state index in [1.807, 2.05) is 12.1 Å². The van der Waals surface area contributed by atoms with E-state index >= 15 is 0 Å². The second-order valence-electron chi connectivity index (χ2n) is 5.80. The maximum atomic E-state index is 11.6. The molecule has 0 saturated carbocycles. The van der Waals surface area contributed by atoms with Gasteiger partial charge in [-0.3, -0.25) is 9.69 Å². The number of carbonyl (C=O) groups excluding carboxylic acids is 1. The van der Waals surface area contributed by atoms with Crippen molar-refractivity contribution in [2.45, 2.75) is 32.5 Å². The molecule has 0 bridgehead atoms. The third-order valence-corrected chi connectivity index (χ3v) is 4.00. The van der Waals surface area contributed by atoms with Gasteiger partial charge >= 0.3 is 0 Å². The molecule has 0 aromatic heterocycles. The summed E-state index contributed by atoms with van der Waals surface area (Å²) in [6.07, 6.45) is 0. The molecular weight excluding hydrogens is 273 g/mol. The second kappa shape index (κ2) is 6.98. The van der Waals surface area contributed by atoms with Crippen LogP contribution in [0.4, 0.5) is 4.53 Å². The highest BCUT2D eigenvalue weighted by atomic mass is 19.3. The molecule has 0 aliphatic carbocycles. The van der Waals surface area contributed by atoms with Crippen molar-refractivity contribution >= 4 is 5.91 Å². The number of piperazine rings is 1. The monoisotopic (exact) mass is 295 g/mol. The predicted molar refractivity (Wildman–Crippen MR) is 78.1 cm³/mol. The number of benzene rings is 1. The van der Waals surface area contributed by atoms with Crippen LogP contribution in [-0.4, -0.2) is 47.9 Å². The van der Waals surface area contributed by atoms with Gasteiger partial charge in [0.05, 0.1) is 0 Å². The van der Waals surface area contributed by atoms with Crippen molar-refractivity contribution in [3.05, 3.63) is 35.4 Å². The van der Waals surface area contributed by atoms with Crippen molar-refractivity contribution in [2.75, 3.05) is 20.1 Å². The molecule has 1 aliphatic heterocycles. The zero-order valence-electron chi connectivity index (χ0n) is 12.7. The van der Waals surface area contributed by atoms with Gasteiger partial charge in [0.25, 0.3) is 5.91 Å². The number of amides is 1. The topological polar surface area (TPSA) is 44.8 Å². The van der Waals surface area contributed by atoms with Crippen molar-refractivity contribution in [2.24, 2.45) is 0 Å². The zero-order chi connectivity index (χ0) is 15.4. The van der Waals surface area contributed by atoms with E-state index in [2.05, 4.69) is 35.7 Å². The fourth-order valence-electron chi connectivity index (χ4n) is 3.00. The van der Waals surface area contributed by atoms with Gasteiger partial charge in [0.15, 0.2) is 0 Å². The smallest absolute Gasteiger partial charge is 0.277 e.